The number of carbonyl (C=O) groups excluding carboxylic acids is 3. The highest BCUT2D eigenvalue weighted by Gasteiger charge is 2.16. The van der Waals surface area contributed by atoms with Crippen LogP contribution in [-0.2, 0) is 14.3 Å². The molecule has 1 aromatic heterocycles. The average molecular weight is 397 g/mol. The third-order valence-corrected chi connectivity index (χ3v) is 4.34. The zero-order valence-corrected chi connectivity index (χ0v) is 15.8. The number of hydrogen-bond acceptors (Lipinski definition) is 5. The summed E-state index contributed by atoms with van der Waals surface area (Å²) in [6.07, 6.45) is -0.246. The second kappa shape index (κ2) is 9.14. The first-order chi connectivity index (χ1) is 13.9. The number of para-hydroxylation sites is 1. The van der Waals surface area contributed by atoms with E-state index in [0.717, 1.165) is 11.0 Å². The number of fused-ring (bicyclic) bond motifs is 1. The van der Waals surface area contributed by atoms with Crippen molar-refractivity contribution >= 4 is 28.6 Å². The van der Waals surface area contributed by atoms with Crippen LogP contribution in [0.25, 0.3) is 11.0 Å². The summed E-state index contributed by atoms with van der Waals surface area (Å²) in [6.45, 7) is 1.31. The van der Waals surface area contributed by atoms with E-state index in [1.54, 1.807) is 6.92 Å². The SMILES string of the molecule is C[C@H](NC(=O)COC(=O)CCC(=O)c1ccc(F)cc1)c1cc2ccccc2o1. The summed E-state index contributed by atoms with van der Waals surface area (Å²) >= 11 is 0. The third kappa shape index (κ3) is 5.51. The van der Waals surface area contributed by atoms with Crippen molar-refractivity contribution in [2.45, 2.75) is 25.8 Å². The van der Waals surface area contributed by atoms with Crippen LogP contribution < -0.4 is 5.32 Å². The Labute approximate surface area is 166 Å². The molecule has 0 fully saturated rings. The van der Waals surface area contributed by atoms with Crippen molar-refractivity contribution in [3.8, 4) is 0 Å². The number of nitrogens with one attached hydrogen (secondary N) is 1. The molecule has 1 heterocycles. The molecule has 0 aliphatic carbocycles. The molecule has 1 amide bonds. The normalized spacial score (nSPS) is 11.8. The zero-order valence-electron chi connectivity index (χ0n) is 15.8. The molecule has 29 heavy (non-hydrogen) atoms. The highest BCUT2D eigenvalue weighted by atomic mass is 19.1. The highest BCUT2D eigenvalue weighted by molar-refractivity contribution is 5.97. The average Bonchev–Trinajstić information content (AvgIpc) is 3.15. The molecule has 0 unspecified atom stereocenters. The van der Waals surface area contributed by atoms with E-state index in [2.05, 4.69) is 5.32 Å². The van der Waals surface area contributed by atoms with Crippen molar-refractivity contribution in [3.05, 3.63) is 71.7 Å². The van der Waals surface area contributed by atoms with Gasteiger partial charge in [0.15, 0.2) is 12.4 Å². The van der Waals surface area contributed by atoms with Crippen molar-refractivity contribution in [1.29, 1.82) is 0 Å². The van der Waals surface area contributed by atoms with Crippen LogP contribution in [0.15, 0.2) is 59.0 Å². The van der Waals surface area contributed by atoms with Crippen LogP contribution in [0.5, 0.6) is 0 Å². The quantitative estimate of drug-likeness (QED) is 0.459. The van der Waals surface area contributed by atoms with Gasteiger partial charge in [-0.05, 0) is 43.3 Å². The second-order valence-corrected chi connectivity index (χ2v) is 6.57. The first-order valence-electron chi connectivity index (χ1n) is 9.14. The maximum absolute atomic E-state index is 12.9. The lowest BCUT2D eigenvalue weighted by Crippen LogP contribution is -2.31. The number of esters is 1. The van der Waals surface area contributed by atoms with Gasteiger partial charge in [-0.1, -0.05) is 18.2 Å². The maximum Gasteiger partial charge on any atom is 0.306 e. The number of amides is 1. The van der Waals surface area contributed by atoms with Crippen molar-refractivity contribution in [2.75, 3.05) is 6.61 Å². The monoisotopic (exact) mass is 397 g/mol. The second-order valence-electron chi connectivity index (χ2n) is 6.57. The minimum atomic E-state index is -0.660. The Bertz CT molecular complexity index is 992. The van der Waals surface area contributed by atoms with Gasteiger partial charge in [0.25, 0.3) is 5.91 Å². The van der Waals surface area contributed by atoms with E-state index >= 15 is 0 Å². The first-order valence-corrected chi connectivity index (χ1v) is 9.14. The van der Waals surface area contributed by atoms with Crippen LogP contribution in [0.4, 0.5) is 4.39 Å². The van der Waals surface area contributed by atoms with Crippen LogP contribution in [0, 0.1) is 5.82 Å². The fourth-order valence-corrected chi connectivity index (χ4v) is 2.78. The summed E-state index contributed by atoms with van der Waals surface area (Å²) in [6, 6.07) is 14.0. The van der Waals surface area contributed by atoms with Crippen LogP contribution in [0.1, 0.15) is 41.9 Å². The molecule has 0 aliphatic heterocycles. The third-order valence-electron chi connectivity index (χ3n) is 4.34. The zero-order chi connectivity index (χ0) is 20.8. The summed E-state index contributed by atoms with van der Waals surface area (Å²) in [5, 5.41) is 3.63. The lowest BCUT2D eigenvalue weighted by molar-refractivity contribution is -0.148. The van der Waals surface area contributed by atoms with E-state index in [4.69, 9.17) is 9.15 Å². The Kier molecular flexibility index (Phi) is 6.39. The van der Waals surface area contributed by atoms with Crippen molar-refractivity contribution in [2.24, 2.45) is 0 Å². The van der Waals surface area contributed by atoms with E-state index in [0.29, 0.717) is 11.3 Å². The van der Waals surface area contributed by atoms with Gasteiger partial charge in [-0.25, -0.2) is 4.39 Å². The number of carbonyl (C=O) groups is 3. The number of hydrogen-bond donors (Lipinski definition) is 1. The molecule has 0 aliphatic rings. The number of Topliss-reactive ketones (excluding diaryl/α,β-unsaturated/α-hetero) is 1. The Morgan fingerprint density at radius 2 is 1.79 bits per heavy atom. The van der Waals surface area contributed by atoms with Gasteiger partial charge in [0, 0.05) is 17.4 Å². The van der Waals surface area contributed by atoms with Crippen LogP contribution in [0.3, 0.4) is 0 Å². The molecule has 1 atom stereocenters. The first kappa shape index (κ1) is 20.3. The maximum atomic E-state index is 12.9. The summed E-state index contributed by atoms with van der Waals surface area (Å²) < 4.78 is 23.5. The smallest absolute Gasteiger partial charge is 0.306 e. The Balaban J connectivity index is 1.41. The van der Waals surface area contributed by atoms with E-state index < -0.39 is 30.3 Å². The molecular formula is C22H20FNO5. The molecule has 0 spiro atoms. The van der Waals surface area contributed by atoms with Gasteiger partial charge in [-0.2, -0.15) is 0 Å². The van der Waals surface area contributed by atoms with Crippen LogP contribution in [0.2, 0.25) is 0 Å². The number of benzene rings is 2. The fourth-order valence-electron chi connectivity index (χ4n) is 2.78. The molecule has 3 rings (SSSR count). The van der Waals surface area contributed by atoms with Gasteiger partial charge in [0.1, 0.15) is 17.2 Å². The van der Waals surface area contributed by atoms with Gasteiger partial charge in [0.2, 0.25) is 0 Å². The largest absolute Gasteiger partial charge is 0.459 e. The molecule has 2 aromatic carbocycles. The molecule has 0 bridgehead atoms. The van der Waals surface area contributed by atoms with Gasteiger partial charge in [-0.15, -0.1) is 0 Å². The number of furan rings is 1. The van der Waals surface area contributed by atoms with Gasteiger partial charge < -0.3 is 14.5 Å². The van der Waals surface area contributed by atoms with Gasteiger partial charge >= 0.3 is 5.97 Å². The number of ketones is 1. The summed E-state index contributed by atoms with van der Waals surface area (Å²) in [5.41, 5.74) is 1.04. The van der Waals surface area contributed by atoms with Crippen molar-refractivity contribution < 1.29 is 27.9 Å². The van der Waals surface area contributed by atoms with E-state index in [1.165, 1.54) is 24.3 Å². The molecule has 0 radical (unpaired) electrons. The Morgan fingerprint density at radius 3 is 2.52 bits per heavy atom. The number of halogens is 1. The Morgan fingerprint density at radius 1 is 1.07 bits per heavy atom. The minimum Gasteiger partial charge on any atom is -0.459 e. The standard InChI is InChI=1S/C22H20FNO5/c1-14(20-12-16-4-2-3-5-19(16)29-20)24-21(26)13-28-22(27)11-10-18(25)15-6-8-17(23)9-7-15/h2-9,12,14H,10-11,13H2,1H3,(H,24,26)/t14-/m0/s1. The predicted molar refractivity (Wildman–Crippen MR) is 104 cm³/mol. The Hall–Kier alpha value is -3.48. The molecule has 150 valence electrons. The highest BCUT2D eigenvalue weighted by Crippen LogP contribution is 2.23. The van der Waals surface area contributed by atoms with Crippen molar-refractivity contribution in [1.82, 2.24) is 5.32 Å². The summed E-state index contributed by atoms with van der Waals surface area (Å²) in [4.78, 5) is 35.7. The molecule has 1 N–H and O–H groups in total. The molecule has 3 aromatic rings. The van der Waals surface area contributed by atoms with Crippen LogP contribution >= 0.6 is 0 Å². The van der Waals surface area contributed by atoms with Crippen molar-refractivity contribution in [3.63, 3.8) is 0 Å². The molecule has 6 nitrogen and oxygen atoms in total. The lowest BCUT2D eigenvalue weighted by atomic mass is 10.1. The van der Waals surface area contributed by atoms with Crippen LogP contribution in [-0.4, -0.2) is 24.3 Å². The van der Waals surface area contributed by atoms with Gasteiger partial charge in [0.05, 0.1) is 12.5 Å². The molecule has 0 saturated carbocycles. The molecule has 7 heteroatoms. The summed E-state index contributed by atoms with van der Waals surface area (Å²) in [7, 11) is 0. The fraction of sp³-hybridized carbons (Fsp3) is 0.227. The molecular weight excluding hydrogens is 377 g/mol. The summed E-state index contributed by atoms with van der Waals surface area (Å²) in [5.74, 6) is -1.28. The lowest BCUT2D eigenvalue weighted by Gasteiger charge is -2.11. The van der Waals surface area contributed by atoms with E-state index in [1.807, 2.05) is 30.3 Å². The van der Waals surface area contributed by atoms with E-state index in [-0.39, 0.29) is 18.6 Å². The predicted octanol–water partition coefficient (Wildman–Crippen LogP) is 3.96. The molecule has 0 saturated heterocycles. The number of ether oxygens (including phenoxy) is 1. The van der Waals surface area contributed by atoms with E-state index in [9.17, 15) is 18.8 Å². The van der Waals surface area contributed by atoms with Gasteiger partial charge in [-0.3, -0.25) is 14.4 Å². The topological polar surface area (TPSA) is 85.6 Å². The number of rotatable bonds is 8. The minimum absolute atomic E-state index is 0.0819.